The third kappa shape index (κ3) is 23.9. The number of carbonyl (C=O) groups is 4. The maximum Gasteiger partial charge on any atom is 0.697 e. The van der Waals surface area contributed by atoms with Gasteiger partial charge in [0.05, 0.1) is 39.9 Å². The molecular formula is C93H99N17O34P4+4. The van der Waals surface area contributed by atoms with Crippen LogP contribution in [0.1, 0.15) is 126 Å². The topological polar surface area (TPSA) is 642 Å². The minimum atomic E-state index is -3.70. The highest BCUT2D eigenvalue weighted by Crippen LogP contribution is 2.49. The van der Waals surface area contributed by atoms with E-state index in [0.29, 0.717) is 34.7 Å². The van der Waals surface area contributed by atoms with Crippen molar-refractivity contribution in [1.82, 2.24) is 67.7 Å². The van der Waals surface area contributed by atoms with Crippen molar-refractivity contribution in [3.63, 3.8) is 0 Å². The molecule has 5 aliphatic heterocycles. The number of Topliss-reactive ketones (excluding diaryl/α,β-unsaturated/α-hetero) is 1. The van der Waals surface area contributed by atoms with E-state index in [1.807, 2.05) is 68.4 Å². The molecule has 0 spiro atoms. The largest absolute Gasteiger partial charge is 0.697 e. The number of amides is 2. The van der Waals surface area contributed by atoms with E-state index in [1.165, 1.54) is 74.7 Å². The first-order valence-corrected chi connectivity index (χ1v) is 50.6. The van der Waals surface area contributed by atoms with Gasteiger partial charge in [-0.3, -0.25) is 66.6 Å². The van der Waals surface area contributed by atoms with Crippen LogP contribution >= 0.6 is 33.0 Å². The first kappa shape index (κ1) is 106. The van der Waals surface area contributed by atoms with Gasteiger partial charge < -0.3 is 78.7 Å². The second-order valence-corrected chi connectivity index (χ2v) is 38.7. The number of H-pyrrole nitrogens is 3. The lowest BCUT2D eigenvalue weighted by Gasteiger charge is -2.37. The molecule has 51 nitrogen and oxygen atoms in total. The number of esters is 1. The van der Waals surface area contributed by atoms with Gasteiger partial charge in [0.2, 0.25) is 5.95 Å². The molecule has 5 aliphatic rings. The number of carbonyl (C=O) groups excluding carboxylic acids is 4. The number of aryl methyl sites for hydroxylation is 2. The number of methoxy groups -OCH3 is 2. The number of ketones is 1. The lowest BCUT2D eigenvalue weighted by Crippen LogP contribution is -2.38. The summed E-state index contributed by atoms with van der Waals surface area (Å²) >= 11 is 0. The number of aromatic amines is 3. The number of rotatable bonds is 44. The Morgan fingerprint density at radius 3 is 1.43 bits per heavy atom. The summed E-state index contributed by atoms with van der Waals surface area (Å²) in [6.07, 6.45) is -24.1. The Kier molecular flexibility index (Phi) is 33.5. The van der Waals surface area contributed by atoms with Crippen LogP contribution in [0.15, 0.2) is 212 Å². The number of anilines is 3. The molecule has 0 bridgehead atoms. The molecule has 7 aromatic heterocycles. The van der Waals surface area contributed by atoms with E-state index in [1.54, 1.807) is 72.8 Å². The van der Waals surface area contributed by atoms with Crippen LogP contribution in [0.4, 0.5) is 17.6 Å². The number of nitrogens with zero attached hydrogens (tertiary/aromatic N) is 11. The van der Waals surface area contributed by atoms with E-state index < -0.39 is 227 Å². The number of benzene rings is 5. The molecule has 776 valence electrons. The number of aromatic nitrogens is 14. The lowest BCUT2D eigenvalue weighted by molar-refractivity contribution is -0.153. The maximum atomic E-state index is 14.9. The molecule has 17 rings (SSSR count). The molecule has 22 unspecified atom stereocenters. The van der Waals surface area contributed by atoms with Crippen LogP contribution in [0.5, 0.6) is 11.5 Å². The molecule has 12 heterocycles. The quantitative estimate of drug-likeness (QED) is 0.0102. The molecule has 12 aromatic rings. The highest BCUT2D eigenvalue weighted by molar-refractivity contribution is 7.34. The molecule has 2 amide bonds. The van der Waals surface area contributed by atoms with Gasteiger partial charge in [-0.1, -0.05) is 105 Å². The van der Waals surface area contributed by atoms with Gasteiger partial charge in [-0.15, -0.1) is 36.2 Å². The number of imidazole rings is 2. The second kappa shape index (κ2) is 46.9. The molecule has 5 aromatic carbocycles. The summed E-state index contributed by atoms with van der Waals surface area (Å²) in [4.78, 5) is 165. The fraction of sp³-hybridized carbons (Fsp3) is 0.398. The number of hydrogen-bond acceptors (Lipinski definition) is 41. The third-order valence-electron chi connectivity index (χ3n) is 24.7. The van der Waals surface area contributed by atoms with Crippen LogP contribution in [-0.4, -0.2) is 240 Å². The zero-order valence-corrected chi connectivity index (χ0v) is 83.1. The van der Waals surface area contributed by atoms with E-state index in [-0.39, 0.29) is 106 Å². The van der Waals surface area contributed by atoms with Crippen LogP contribution in [0.3, 0.4) is 0 Å². The third-order valence-corrected chi connectivity index (χ3v) is 27.8. The zero-order valence-electron chi connectivity index (χ0n) is 79.6. The van der Waals surface area contributed by atoms with Crippen molar-refractivity contribution in [3.05, 3.63) is 285 Å². The summed E-state index contributed by atoms with van der Waals surface area (Å²) < 4.78 is 168. The van der Waals surface area contributed by atoms with Crippen LogP contribution in [0, 0.1) is 19.8 Å². The fourth-order valence-corrected chi connectivity index (χ4v) is 20.4. The number of nitrogens with one attached hydrogen (secondary N) is 6. The molecule has 9 N–H and O–H groups in total. The number of hydrogen-bond donors (Lipinski definition) is 9. The summed E-state index contributed by atoms with van der Waals surface area (Å²) in [5, 5.41) is 45.7. The van der Waals surface area contributed by atoms with Crippen molar-refractivity contribution in [2.24, 2.45) is 5.92 Å². The fourth-order valence-electron chi connectivity index (χ4n) is 17.2. The Bertz CT molecular complexity index is 7240. The zero-order chi connectivity index (χ0) is 104. The van der Waals surface area contributed by atoms with Gasteiger partial charge in [-0.2, -0.15) is 9.97 Å². The summed E-state index contributed by atoms with van der Waals surface area (Å²) in [6.45, 7) is 4.31. The number of aliphatic hydroxyl groups excluding tert-OH is 3. The molecule has 0 aliphatic carbocycles. The van der Waals surface area contributed by atoms with Crippen LogP contribution in [0.2, 0.25) is 0 Å². The minimum Gasteiger partial charge on any atom is -0.497 e. The summed E-state index contributed by atoms with van der Waals surface area (Å²) in [5.41, 5.74) is -4.46. The molecular weight excluding hydrogens is 2020 g/mol. The summed E-state index contributed by atoms with van der Waals surface area (Å²) in [6, 6.07) is 40.6. The Balaban J connectivity index is 0.640. The number of ether oxygens (including phenoxy) is 9. The number of aliphatic hydroxyl groups is 3. The van der Waals surface area contributed by atoms with Crippen molar-refractivity contribution in [2.45, 2.75) is 176 Å². The van der Waals surface area contributed by atoms with E-state index in [0.717, 1.165) is 38.9 Å². The first-order chi connectivity index (χ1) is 71.3. The Morgan fingerprint density at radius 1 is 0.486 bits per heavy atom. The van der Waals surface area contributed by atoms with E-state index in [9.17, 15) is 81.5 Å². The molecule has 5 fully saturated rings. The predicted octanol–water partition coefficient (Wildman–Crippen LogP) is 7.40. The highest BCUT2D eigenvalue weighted by Gasteiger charge is 2.58. The minimum absolute atomic E-state index is 0.0101. The Labute approximate surface area is 839 Å². The van der Waals surface area contributed by atoms with Gasteiger partial charge in [0, 0.05) is 84.9 Å². The SMILES string of the molecule is COc1ccc(C(OCC2OC(n3cc(C)c(=O)[nH]c3=O)CC2O[P+](=O)OCC2OC(n3cnc4c(=O)[nH]c(NCC(C)C)nc43)C(O)C2O[P+](=O)OCC2OC(n3ccc(NC(=O)c4ccccc4)nc3=O)C(O)C2O[P+](=O)OCC2OC(n3cnc4c(NC(=O)c5ccccc5)ncnc43)C(O)C2O[P+](=O)OCC2OC(n3cc(C)c(=O)[nH]c3=O)CC2OC(=O)CCC(C)=O)(c2ccccc2)c2ccc(OC)cc2)cc1. The van der Waals surface area contributed by atoms with Crippen molar-refractivity contribution in [1.29, 1.82) is 0 Å². The molecule has 148 heavy (non-hydrogen) atoms. The van der Waals surface area contributed by atoms with Crippen molar-refractivity contribution in [2.75, 3.05) is 69.7 Å². The van der Waals surface area contributed by atoms with Gasteiger partial charge in [0.25, 0.3) is 28.5 Å². The Hall–Kier alpha value is -13.6. The van der Waals surface area contributed by atoms with Gasteiger partial charge in [0.1, 0.15) is 135 Å². The molecule has 55 heteroatoms. The van der Waals surface area contributed by atoms with Crippen LogP contribution < -0.4 is 59.2 Å². The second-order valence-electron chi connectivity index (χ2n) is 35.0. The van der Waals surface area contributed by atoms with Crippen molar-refractivity contribution < 1.29 is 132 Å². The van der Waals surface area contributed by atoms with Gasteiger partial charge in [0.15, 0.2) is 65.1 Å². The average Bonchev–Trinajstić information content (AvgIpc) is 1.27. The first-order valence-electron chi connectivity index (χ1n) is 46.2. The molecule has 0 radical (unpaired) electrons. The van der Waals surface area contributed by atoms with E-state index in [2.05, 4.69) is 60.8 Å². The normalized spacial score (nSPS) is 23.7. The molecule has 5 saturated heterocycles. The van der Waals surface area contributed by atoms with Gasteiger partial charge in [-0.25, -0.2) is 34.3 Å². The monoisotopic (exact) mass is 2120 g/mol. The summed E-state index contributed by atoms with van der Waals surface area (Å²) in [5.74, 6) is -1.72. The van der Waals surface area contributed by atoms with Crippen LogP contribution in [0.25, 0.3) is 22.3 Å². The predicted molar refractivity (Wildman–Crippen MR) is 515 cm³/mol. The van der Waals surface area contributed by atoms with Crippen molar-refractivity contribution in [3.8, 4) is 11.5 Å². The average molecular weight is 2120 g/mol. The van der Waals surface area contributed by atoms with Gasteiger partial charge in [-0.05, 0) is 98.0 Å². The maximum absolute atomic E-state index is 14.9. The lowest BCUT2D eigenvalue weighted by atomic mass is 9.80. The Morgan fingerprint density at radius 2 is 0.939 bits per heavy atom. The summed E-state index contributed by atoms with van der Waals surface area (Å²) in [7, 11) is -11.2. The molecule has 22 atom stereocenters. The van der Waals surface area contributed by atoms with Crippen LogP contribution in [-0.2, 0) is 103 Å². The smallest absolute Gasteiger partial charge is 0.497 e. The number of fused-ring (bicyclic) bond motifs is 2. The van der Waals surface area contributed by atoms with Crippen molar-refractivity contribution >= 4 is 96.5 Å². The molecule has 0 saturated carbocycles. The van der Waals surface area contributed by atoms with E-state index in [4.69, 9.17) is 78.8 Å². The highest BCUT2D eigenvalue weighted by atomic mass is 31.1. The van der Waals surface area contributed by atoms with E-state index >= 15 is 0 Å². The van der Waals surface area contributed by atoms with Gasteiger partial charge >= 0.3 is 56.1 Å². The standard InChI is InChI=1S/C93H95N17O34P4/c1-48(2)37-94-89-102-80-71(85(120)103-89)98-47-110(80)88-74(115)77(64(140-88)42-132-145(124)141-60-36-68(108-39-50(4)82(117)105-92(108)123)135-61(60)40-130-93(54-21-15-10-16-22-54,55-24-28-57(128-6)29-25-55)56-26-30-58(129-7)31-27-56)144-148(127)133-43-63-75(72(113)86(138-63)106-34-33-66(100-90(106)121)99-83(118)52-17-11-8-12-18-52)142-147(126)134-44-65-76(73(114)87(139-65)109-46-97-70-78(95-45-96-79(70)109)101-84(119)53-19-13-9-14-20-53)143-146(125)131-41-62-59(137-69(112)32-23-51(5)111)35-67(136-62)107-38-49(3)81(116)104-91(107)122/h8-22,24-31,33-34,38-39,45-48,59-65,67-68,72-77,86-88,113-115H,23,32,35-37,40-44H2,1-7H3,(H2-4,94,95,96,99,100,101,102,103,104,105,116,117,118,119,120,121,122,123)/p+4.